The molecule has 0 atom stereocenters. The molecule has 0 saturated heterocycles. The summed E-state index contributed by atoms with van der Waals surface area (Å²) in [4.78, 5) is 0. The van der Waals surface area contributed by atoms with E-state index in [1.807, 2.05) is 0 Å². The maximum absolute atomic E-state index is 5.06. The third-order valence-corrected chi connectivity index (χ3v) is 12.8. The van der Waals surface area contributed by atoms with E-state index in [0.717, 1.165) is 17.7 Å². The molecule has 8 aromatic carbocycles. The number of hydrogen-bond donors (Lipinski definition) is 0. The number of aromatic nitrogens is 1. The Morgan fingerprint density at radius 2 is 1.14 bits per heavy atom. The van der Waals surface area contributed by atoms with E-state index in [0.29, 0.717) is 0 Å². The van der Waals surface area contributed by atoms with Crippen molar-refractivity contribution in [3.8, 4) is 16.8 Å². The molecule has 0 spiro atoms. The molecular weight excluding hydrogens is 687 g/mol. The number of fused-ring (bicyclic) bond motifs is 6. The lowest BCUT2D eigenvalue weighted by molar-refractivity contribution is 0.768. The lowest BCUT2D eigenvalue weighted by Crippen LogP contribution is -2.28. The third kappa shape index (κ3) is 4.34. The SMILES string of the molecule is C=C1C2=C(c3ccccc3)c3cccc4ccc5c(c1c(n5-c1ccc5c(c1)-c1ccccc1C5(c1ccccc1)c1ccccc1)/C=C\Cc1ccccc12)c34. The number of benzene rings is 8. The second-order valence-electron chi connectivity index (χ2n) is 15.6. The van der Waals surface area contributed by atoms with E-state index in [1.54, 1.807) is 0 Å². The van der Waals surface area contributed by atoms with Crippen molar-refractivity contribution in [3.63, 3.8) is 0 Å². The van der Waals surface area contributed by atoms with Gasteiger partial charge in [0.2, 0.25) is 0 Å². The topological polar surface area (TPSA) is 4.93 Å². The van der Waals surface area contributed by atoms with Crippen molar-refractivity contribution in [2.45, 2.75) is 11.8 Å². The first-order chi connectivity index (χ1) is 28.2. The first-order valence-corrected chi connectivity index (χ1v) is 19.9. The smallest absolute Gasteiger partial charge is 0.0713 e. The van der Waals surface area contributed by atoms with E-state index in [-0.39, 0.29) is 0 Å². The van der Waals surface area contributed by atoms with Gasteiger partial charge in [-0.05, 0) is 114 Å². The molecule has 0 radical (unpaired) electrons. The molecule has 1 aromatic heterocycles. The average Bonchev–Trinajstić information content (AvgIpc) is 3.74. The lowest BCUT2D eigenvalue weighted by Gasteiger charge is -2.33. The van der Waals surface area contributed by atoms with Crippen molar-refractivity contribution in [2.75, 3.05) is 0 Å². The van der Waals surface area contributed by atoms with E-state index in [2.05, 4.69) is 205 Å². The second-order valence-corrected chi connectivity index (χ2v) is 15.6. The number of nitrogens with zero attached hydrogens (tertiary/aromatic N) is 1. The Kier molecular flexibility index (Phi) is 6.83. The Morgan fingerprint density at radius 1 is 0.491 bits per heavy atom. The molecule has 1 heteroatoms. The monoisotopic (exact) mass is 723 g/mol. The van der Waals surface area contributed by atoms with E-state index in [9.17, 15) is 0 Å². The highest BCUT2D eigenvalue weighted by atomic mass is 15.0. The van der Waals surface area contributed by atoms with Crippen LogP contribution in [0.4, 0.5) is 0 Å². The van der Waals surface area contributed by atoms with Crippen molar-refractivity contribution in [1.82, 2.24) is 4.57 Å². The van der Waals surface area contributed by atoms with Crippen LogP contribution in [0.5, 0.6) is 0 Å². The van der Waals surface area contributed by atoms with Gasteiger partial charge < -0.3 is 4.57 Å². The van der Waals surface area contributed by atoms with Crippen LogP contribution in [-0.4, -0.2) is 4.57 Å². The van der Waals surface area contributed by atoms with E-state index in [1.165, 1.54) is 99.7 Å². The molecule has 266 valence electrons. The Labute approximate surface area is 332 Å². The van der Waals surface area contributed by atoms with Gasteiger partial charge in [0.05, 0.1) is 16.6 Å². The van der Waals surface area contributed by atoms with Gasteiger partial charge in [-0.25, -0.2) is 0 Å². The van der Waals surface area contributed by atoms with Crippen LogP contribution < -0.4 is 0 Å². The molecule has 0 saturated carbocycles. The summed E-state index contributed by atoms with van der Waals surface area (Å²) in [5.41, 5.74) is 20.5. The average molecular weight is 724 g/mol. The fourth-order valence-electron chi connectivity index (χ4n) is 10.6. The quantitative estimate of drug-likeness (QED) is 0.170. The highest BCUT2D eigenvalue weighted by Gasteiger charge is 2.46. The van der Waals surface area contributed by atoms with Gasteiger partial charge >= 0.3 is 0 Å². The molecule has 0 amide bonds. The number of allylic oxidation sites excluding steroid dienone is 3. The van der Waals surface area contributed by atoms with Gasteiger partial charge in [0.15, 0.2) is 0 Å². The minimum Gasteiger partial charge on any atom is -0.309 e. The molecule has 3 aliphatic carbocycles. The van der Waals surface area contributed by atoms with E-state index < -0.39 is 5.41 Å². The van der Waals surface area contributed by atoms with Gasteiger partial charge in [-0.2, -0.15) is 0 Å². The molecule has 0 unspecified atom stereocenters. The molecule has 2 bridgehead atoms. The number of rotatable bonds is 4. The Morgan fingerprint density at radius 3 is 1.91 bits per heavy atom. The van der Waals surface area contributed by atoms with Crippen LogP contribution in [0.2, 0.25) is 0 Å². The van der Waals surface area contributed by atoms with Gasteiger partial charge in [0.25, 0.3) is 0 Å². The van der Waals surface area contributed by atoms with Gasteiger partial charge in [0, 0.05) is 16.6 Å². The molecule has 0 fully saturated rings. The van der Waals surface area contributed by atoms with Gasteiger partial charge in [-0.1, -0.05) is 183 Å². The van der Waals surface area contributed by atoms with Gasteiger partial charge in [-0.15, -0.1) is 0 Å². The number of hydrogen-bond acceptors (Lipinski definition) is 0. The predicted octanol–water partition coefficient (Wildman–Crippen LogP) is 13.7. The largest absolute Gasteiger partial charge is 0.309 e. The first kappa shape index (κ1) is 32.1. The first-order valence-electron chi connectivity index (χ1n) is 19.9. The Bertz CT molecular complexity index is 3150. The van der Waals surface area contributed by atoms with E-state index >= 15 is 0 Å². The fraction of sp³-hybridized carbons (Fsp3) is 0.0357. The standard InChI is InChI=1S/C56H37N/c1-36-51-43-26-12-11-17-37(43)20-16-30-49-52(36)55-50(34-31-39-21-15-28-45(54(39)55)53(51)38-18-5-2-6-19-38)57(49)42-32-33-48-46(35-42)44-27-13-14-29-47(44)56(48,40-22-7-3-8-23-40)41-24-9-4-10-25-41/h2-19,21-35H,1,20H2/b30-16-. The van der Waals surface area contributed by atoms with E-state index in [4.69, 9.17) is 6.58 Å². The molecule has 0 N–H and O–H groups in total. The van der Waals surface area contributed by atoms with Crippen LogP contribution in [0.3, 0.4) is 0 Å². The Balaban J connectivity index is 1.19. The summed E-state index contributed by atoms with van der Waals surface area (Å²) in [5.74, 6) is 0. The van der Waals surface area contributed by atoms with Gasteiger partial charge in [-0.3, -0.25) is 0 Å². The predicted molar refractivity (Wildman–Crippen MR) is 239 cm³/mol. The zero-order valence-electron chi connectivity index (χ0n) is 31.4. The molecule has 1 nitrogen and oxygen atoms in total. The molecule has 12 rings (SSSR count). The molecular formula is C56H37N. The van der Waals surface area contributed by atoms with Crippen molar-refractivity contribution in [3.05, 3.63) is 256 Å². The zero-order chi connectivity index (χ0) is 37.7. The molecule has 3 aliphatic rings. The maximum atomic E-state index is 5.06. The maximum Gasteiger partial charge on any atom is 0.0713 e. The summed E-state index contributed by atoms with van der Waals surface area (Å²) < 4.78 is 2.51. The zero-order valence-corrected chi connectivity index (χ0v) is 31.4. The van der Waals surface area contributed by atoms with Crippen molar-refractivity contribution in [2.24, 2.45) is 0 Å². The normalized spacial score (nSPS) is 15.2. The van der Waals surface area contributed by atoms with Crippen LogP contribution in [0, 0.1) is 0 Å². The lowest BCUT2D eigenvalue weighted by atomic mass is 9.68. The van der Waals surface area contributed by atoms with Crippen LogP contribution in [0.1, 0.15) is 55.8 Å². The highest BCUT2D eigenvalue weighted by Crippen LogP contribution is 2.57. The Hall–Kier alpha value is -7.22. The molecule has 0 aliphatic heterocycles. The summed E-state index contributed by atoms with van der Waals surface area (Å²) in [6.45, 7) is 5.06. The van der Waals surface area contributed by atoms with Crippen LogP contribution >= 0.6 is 0 Å². The highest BCUT2D eigenvalue weighted by molar-refractivity contribution is 6.30. The summed E-state index contributed by atoms with van der Waals surface area (Å²) >= 11 is 0. The third-order valence-electron chi connectivity index (χ3n) is 12.8. The minimum atomic E-state index is -0.447. The molecule has 57 heavy (non-hydrogen) atoms. The van der Waals surface area contributed by atoms with Crippen molar-refractivity contribution in [1.29, 1.82) is 0 Å². The summed E-state index contributed by atoms with van der Waals surface area (Å²) in [6, 6.07) is 69.7. The summed E-state index contributed by atoms with van der Waals surface area (Å²) in [6.07, 6.45) is 5.54. The van der Waals surface area contributed by atoms with Crippen LogP contribution in [0.25, 0.3) is 61.3 Å². The summed E-state index contributed by atoms with van der Waals surface area (Å²) in [5, 5.41) is 3.78. The minimum absolute atomic E-state index is 0.447. The second kappa shape index (κ2) is 12.1. The van der Waals surface area contributed by atoms with Crippen molar-refractivity contribution >= 4 is 44.5 Å². The molecule has 9 aromatic rings. The van der Waals surface area contributed by atoms with Crippen LogP contribution in [0.15, 0.2) is 201 Å². The van der Waals surface area contributed by atoms with Crippen molar-refractivity contribution < 1.29 is 0 Å². The summed E-state index contributed by atoms with van der Waals surface area (Å²) in [7, 11) is 0. The van der Waals surface area contributed by atoms with Gasteiger partial charge in [0.1, 0.15) is 0 Å². The van der Waals surface area contributed by atoms with Crippen LogP contribution in [-0.2, 0) is 11.8 Å². The fourth-order valence-corrected chi connectivity index (χ4v) is 10.6. The molecule has 1 heterocycles.